The third kappa shape index (κ3) is 4.00. The second-order valence-corrected chi connectivity index (χ2v) is 9.41. The van der Waals surface area contributed by atoms with Crippen molar-refractivity contribution in [3.63, 3.8) is 0 Å². The predicted octanol–water partition coefficient (Wildman–Crippen LogP) is 3.90. The van der Waals surface area contributed by atoms with Crippen LogP contribution in [0.15, 0.2) is 53.4 Å². The number of hydrogen-bond acceptors (Lipinski definition) is 4. The average molecular weight is 394 g/mol. The maximum absolute atomic E-state index is 14.0. The second-order valence-electron chi connectivity index (χ2n) is 6.16. The zero-order valence-corrected chi connectivity index (χ0v) is 16.0. The fourth-order valence-corrected chi connectivity index (χ4v) is 5.87. The highest BCUT2D eigenvalue weighted by molar-refractivity contribution is 7.99. The number of carbonyl (C=O) groups is 1. The molecule has 0 spiro atoms. The summed E-state index contributed by atoms with van der Waals surface area (Å²) >= 11 is 1.57. The molecule has 3 rings (SSSR count). The maximum atomic E-state index is 14.0. The van der Waals surface area contributed by atoms with Gasteiger partial charge in [0, 0.05) is 35.2 Å². The number of rotatable bonds is 4. The van der Waals surface area contributed by atoms with Crippen molar-refractivity contribution in [1.82, 2.24) is 4.31 Å². The van der Waals surface area contributed by atoms with Crippen LogP contribution in [0.4, 0.5) is 4.39 Å². The molecule has 4 nitrogen and oxygen atoms in total. The van der Waals surface area contributed by atoms with E-state index in [1.807, 2.05) is 0 Å². The summed E-state index contributed by atoms with van der Waals surface area (Å²) in [5, 5.41) is -0.0695. The summed E-state index contributed by atoms with van der Waals surface area (Å²) in [6.45, 7) is 2.09. The lowest BCUT2D eigenvalue weighted by atomic mass is 10.1. The van der Waals surface area contributed by atoms with Crippen molar-refractivity contribution in [2.24, 2.45) is 0 Å². The van der Waals surface area contributed by atoms with E-state index < -0.39 is 10.0 Å². The number of sulfonamides is 1. The van der Waals surface area contributed by atoms with E-state index in [2.05, 4.69) is 0 Å². The summed E-state index contributed by atoms with van der Waals surface area (Å²) < 4.78 is 41.4. The summed E-state index contributed by atoms with van der Waals surface area (Å²) in [4.78, 5) is 11.7. The molecule has 0 radical (unpaired) electrons. The zero-order valence-electron chi connectivity index (χ0n) is 14.4. The number of halogens is 1. The van der Waals surface area contributed by atoms with E-state index in [9.17, 15) is 17.6 Å². The summed E-state index contributed by atoms with van der Waals surface area (Å²) in [5.41, 5.74) is 0.995. The minimum Gasteiger partial charge on any atom is -0.295 e. The van der Waals surface area contributed by atoms with Gasteiger partial charge in [-0.05, 0) is 31.5 Å². The molecule has 1 aliphatic rings. The van der Waals surface area contributed by atoms with Crippen LogP contribution in [0.25, 0.3) is 0 Å². The van der Waals surface area contributed by atoms with Crippen LogP contribution in [-0.2, 0) is 10.0 Å². The van der Waals surface area contributed by atoms with Gasteiger partial charge in [0.05, 0.1) is 4.90 Å². The molecule has 1 fully saturated rings. The van der Waals surface area contributed by atoms with Crippen molar-refractivity contribution in [3.8, 4) is 0 Å². The van der Waals surface area contributed by atoms with Gasteiger partial charge in [0.1, 0.15) is 5.82 Å². The van der Waals surface area contributed by atoms with E-state index in [0.717, 1.165) is 0 Å². The molecule has 7 heteroatoms. The van der Waals surface area contributed by atoms with Crippen LogP contribution in [0, 0.1) is 5.82 Å². The fraction of sp³-hybridized carbons (Fsp3) is 0.316. The lowest BCUT2D eigenvalue weighted by molar-refractivity contribution is 0.101. The van der Waals surface area contributed by atoms with E-state index in [0.29, 0.717) is 36.4 Å². The molecular formula is C19H20FNO3S2. The fourth-order valence-electron chi connectivity index (χ4n) is 3.00. The monoisotopic (exact) mass is 393 g/mol. The molecule has 1 heterocycles. The van der Waals surface area contributed by atoms with Crippen molar-refractivity contribution in [3.05, 3.63) is 65.5 Å². The van der Waals surface area contributed by atoms with Crippen molar-refractivity contribution in [1.29, 1.82) is 0 Å². The lowest BCUT2D eigenvalue weighted by Gasteiger charge is -2.20. The number of ketones is 1. The smallest absolute Gasteiger partial charge is 0.243 e. The van der Waals surface area contributed by atoms with Gasteiger partial charge in [-0.2, -0.15) is 16.1 Å². The number of nitrogens with zero attached hydrogens (tertiary/aromatic N) is 1. The Bertz CT molecular complexity index is 915. The highest BCUT2D eigenvalue weighted by atomic mass is 32.2. The van der Waals surface area contributed by atoms with Crippen LogP contribution in [-0.4, -0.2) is 37.3 Å². The second kappa shape index (κ2) is 7.90. The van der Waals surface area contributed by atoms with E-state index in [-0.39, 0.29) is 21.7 Å². The molecule has 26 heavy (non-hydrogen) atoms. The molecule has 0 aliphatic carbocycles. The first kappa shape index (κ1) is 19.1. The molecule has 1 atom stereocenters. The van der Waals surface area contributed by atoms with Crippen LogP contribution in [0.3, 0.4) is 0 Å². The van der Waals surface area contributed by atoms with Gasteiger partial charge in [-0.25, -0.2) is 12.8 Å². The highest BCUT2D eigenvalue weighted by Gasteiger charge is 2.29. The van der Waals surface area contributed by atoms with Gasteiger partial charge in [0.15, 0.2) is 5.78 Å². The largest absolute Gasteiger partial charge is 0.295 e. The van der Waals surface area contributed by atoms with Crippen molar-refractivity contribution >= 4 is 27.6 Å². The Kier molecular flexibility index (Phi) is 5.79. The molecule has 0 saturated carbocycles. The molecule has 0 amide bonds. The number of Topliss-reactive ketones (excluding diaryl/α,β-unsaturated/α-hetero) is 1. The number of benzene rings is 2. The van der Waals surface area contributed by atoms with Crippen molar-refractivity contribution < 1.29 is 17.6 Å². The topological polar surface area (TPSA) is 54.5 Å². The normalized spacial score (nSPS) is 19.1. The minimum atomic E-state index is -3.68. The first-order valence-corrected chi connectivity index (χ1v) is 10.9. The van der Waals surface area contributed by atoms with Gasteiger partial charge in [0.25, 0.3) is 0 Å². The minimum absolute atomic E-state index is 0.0695. The van der Waals surface area contributed by atoms with Gasteiger partial charge >= 0.3 is 0 Å². The Hall–Kier alpha value is -1.70. The average Bonchev–Trinajstić information content (AvgIpc) is 2.89. The first-order valence-electron chi connectivity index (χ1n) is 8.37. The molecule has 1 aliphatic heterocycles. The first-order chi connectivity index (χ1) is 12.4. The Morgan fingerprint density at radius 2 is 1.92 bits per heavy atom. The van der Waals surface area contributed by atoms with Crippen LogP contribution in [0.5, 0.6) is 0 Å². The third-order valence-corrected chi connectivity index (χ3v) is 7.64. The molecule has 138 valence electrons. The lowest BCUT2D eigenvalue weighted by Crippen LogP contribution is -2.33. The van der Waals surface area contributed by atoms with Gasteiger partial charge in [-0.1, -0.05) is 30.3 Å². The summed E-state index contributed by atoms with van der Waals surface area (Å²) in [7, 11) is -3.68. The number of carbonyl (C=O) groups excluding carboxylic acids is 1. The van der Waals surface area contributed by atoms with Crippen LogP contribution < -0.4 is 0 Å². The number of hydrogen-bond donors (Lipinski definition) is 0. The molecule has 1 saturated heterocycles. The Labute approximate surface area is 157 Å². The van der Waals surface area contributed by atoms with E-state index in [4.69, 9.17) is 0 Å². The van der Waals surface area contributed by atoms with E-state index in [1.165, 1.54) is 29.4 Å². The molecule has 2 aromatic rings. The maximum Gasteiger partial charge on any atom is 0.243 e. The van der Waals surface area contributed by atoms with Gasteiger partial charge in [-0.15, -0.1) is 0 Å². The summed E-state index contributed by atoms with van der Waals surface area (Å²) in [6, 6.07) is 12.8. The van der Waals surface area contributed by atoms with Gasteiger partial charge in [-0.3, -0.25) is 4.79 Å². The molecule has 0 N–H and O–H groups in total. The SMILES string of the molecule is CC(=O)c1cccc(S(=O)(=O)N2CCSC(c3ccccc3F)CC2)c1. The Morgan fingerprint density at radius 1 is 1.15 bits per heavy atom. The molecule has 1 unspecified atom stereocenters. The zero-order chi connectivity index (χ0) is 18.7. The van der Waals surface area contributed by atoms with Crippen LogP contribution in [0.1, 0.15) is 34.5 Å². The quantitative estimate of drug-likeness (QED) is 0.740. The van der Waals surface area contributed by atoms with E-state index >= 15 is 0 Å². The van der Waals surface area contributed by atoms with Crippen LogP contribution >= 0.6 is 11.8 Å². The van der Waals surface area contributed by atoms with E-state index in [1.54, 1.807) is 42.1 Å². The Balaban J connectivity index is 1.81. The summed E-state index contributed by atoms with van der Waals surface area (Å²) in [6.07, 6.45) is 0.539. The summed E-state index contributed by atoms with van der Waals surface area (Å²) in [5.74, 6) is 0.161. The standard InChI is InChI=1S/C19H20FNO3S2/c1-14(22)15-5-4-6-16(13-15)26(23,24)21-10-9-19(25-12-11-21)17-7-2-3-8-18(17)20/h2-8,13,19H,9-12H2,1H3. The molecular weight excluding hydrogens is 373 g/mol. The highest BCUT2D eigenvalue weighted by Crippen LogP contribution is 2.36. The van der Waals surface area contributed by atoms with Crippen LogP contribution in [0.2, 0.25) is 0 Å². The number of thioether (sulfide) groups is 1. The molecule has 0 aromatic heterocycles. The van der Waals surface area contributed by atoms with Crippen molar-refractivity contribution in [2.45, 2.75) is 23.5 Å². The molecule has 0 bridgehead atoms. The van der Waals surface area contributed by atoms with Crippen molar-refractivity contribution in [2.75, 3.05) is 18.8 Å². The Morgan fingerprint density at radius 3 is 2.65 bits per heavy atom. The van der Waals surface area contributed by atoms with Gasteiger partial charge in [0.2, 0.25) is 10.0 Å². The predicted molar refractivity (Wildman–Crippen MR) is 101 cm³/mol. The third-order valence-electron chi connectivity index (χ3n) is 4.43. The molecule has 2 aromatic carbocycles. The van der Waals surface area contributed by atoms with Gasteiger partial charge < -0.3 is 0 Å².